The van der Waals surface area contributed by atoms with Gasteiger partial charge in [-0.2, -0.15) is 0 Å². The number of hydrogen-bond donors (Lipinski definition) is 1. The van der Waals surface area contributed by atoms with E-state index < -0.39 is 41.7 Å². The molecule has 1 aromatic carbocycles. The smallest absolute Gasteiger partial charge is 0.338 e. The minimum Gasteiger partial charge on any atom is -0.462 e. The highest BCUT2D eigenvalue weighted by Gasteiger charge is 2.04. The van der Waals surface area contributed by atoms with E-state index in [1.54, 1.807) is 0 Å². The van der Waals surface area contributed by atoms with Gasteiger partial charge in [-0.05, 0) is 24.9 Å². The lowest BCUT2D eigenvalue weighted by molar-refractivity contribution is 0.0492. The van der Waals surface area contributed by atoms with Crippen molar-refractivity contribution in [3.8, 4) is 0 Å². The second kappa shape index (κ2) is 6.16. The molecule has 14 heavy (non-hydrogen) atoms. The van der Waals surface area contributed by atoms with Gasteiger partial charge in [0.15, 0.2) is 0 Å². The minimum absolute atomic E-state index is 0.0216. The van der Waals surface area contributed by atoms with Gasteiger partial charge >= 0.3 is 5.97 Å². The van der Waals surface area contributed by atoms with Crippen molar-refractivity contribution in [1.82, 2.24) is 0 Å². The number of benzene rings is 1. The summed E-state index contributed by atoms with van der Waals surface area (Å²) in [5.74, 6) is -0.949. The van der Waals surface area contributed by atoms with Gasteiger partial charge in [0.1, 0.15) is 0 Å². The number of hydrogen-bond acceptors (Lipinski definition) is 3. The monoisotopic (exact) mass is 199 g/mol. The maximum atomic E-state index is 11.7. The van der Waals surface area contributed by atoms with E-state index in [0.29, 0.717) is 12.8 Å². The molecule has 0 fully saturated rings. The van der Waals surface area contributed by atoms with Gasteiger partial charge in [0.25, 0.3) is 0 Å². The molecule has 0 aliphatic heterocycles. The van der Waals surface area contributed by atoms with Crippen LogP contribution in [0, 0.1) is 0 Å². The molecular formula is C11H14O3. The summed E-state index contributed by atoms with van der Waals surface area (Å²) in [6, 6.07) is -2.82. The van der Waals surface area contributed by atoms with Crippen LogP contribution in [0.3, 0.4) is 0 Å². The third-order valence-electron chi connectivity index (χ3n) is 1.49. The Labute approximate surface area is 90.4 Å². The molecule has 0 aliphatic carbocycles. The van der Waals surface area contributed by atoms with Gasteiger partial charge in [-0.15, -0.1) is 0 Å². The van der Waals surface area contributed by atoms with Crippen LogP contribution in [0.2, 0.25) is 0 Å². The van der Waals surface area contributed by atoms with Crippen molar-refractivity contribution in [2.45, 2.75) is 12.8 Å². The molecule has 0 aromatic heterocycles. The zero-order chi connectivity index (χ0) is 14.6. The molecule has 0 radical (unpaired) electrons. The van der Waals surface area contributed by atoms with E-state index in [9.17, 15) is 4.79 Å². The van der Waals surface area contributed by atoms with E-state index in [1.807, 2.05) is 0 Å². The fourth-order valence-electron chi connectivity index (χ4n) is 0.803. The molecule has 0 spiro atoms. The van der Waals surface area contributed by atoms with Crippen LogP contribution in [0.1, 0.15) is 30.1 Å². The van der Waals surface area contributed by atoms with Crippen LogP contribution in [-0.2, 0) is 4.74 Å². The lowest BCUT2D eigenvalue weighted by Gasteiger charge is -2.03. The summed E-state index contributed by atoms with van der Waals surface area (Å²) in [6.07, 6.45) is 0.911. The maximum Gasteiger partial charge on any atom is 0.338 e. The van der Waals surface area contributed by atoms with Crippen molar-refractivity contribution in [2.75, 3.05) is 13.2 Å². The maximum absolute atomic E-state index is 11.7. The first-order valence-corrected chi connectivity index (χ1v) is 4.26. The molecule has 0 heterocycles. The summed E-state index contributed by atoms with van der Waals surface area (Å²) in [4.78, 5) is 11.7. The molecule has 0 aliphatic rings. The largest absolute Gasteiger partial charge is 0.462 e. The number of ether oxygens (including phenoxy) is 1. The molecule has 0 saturated heterocycles. The van der Waals surface area contributed by atoms with Gasteiger partial charge in [0.05, 0.1) is 19.0 Å². The van der Waals surface area contributed by atoms with Crippen LogP contribution in [-0.4, -0.2) is 24.3 Å². The van der Waals surface area contributed by atoms with E-state index in [-0.39, 0.29) is 13.2 Å². The number of rotatable bonds is 5. The zero-order valence-corrected chi connectivity index (χ0v) is 7.59. The Bertz CT molecular complexity index is 461. The number of aliphatic hydroxyl groups excluding tert-OH is 1. The van der Waals surface area contributed by atoms with Crippen LogP contribution in [0.15, 0.2) is 30.2 Å². The third-order valence-corrected chi connectivity index (χ3v) is 1.49. The first-order chi connectivity index (χ1) is 8.91. The molecule has 1 rings (SSSR count). The SMILES string of the molecule is [2H]c1c([2H])c([2H])c(C(=O)OCCCCO)c([2H])c1[2H]. The van der Waals surface area contributed by atoms with Gasteiger partial charge in [-0.3, -0.25) is 0 Å². The number of carbonyl (C=O) groups is 1. The van der Waals surface area contributed by atoms with Crippen molar-refractivity contribution in [1.29, 1.82) is 0 Å². The topological polar surface area (TPSA) is 46.5 Å². The Morgan fingerprint density at radius 1 is 1.36 bits per heavy atom. The van der Waals surface area contributed by atoms with E-state index in [0.717, 1.165) is 0 Å². The van der Waals surface area contributed by atoms with Crippen LogP contribution < -0.4 is 0 Å². The van der Waals surface area contributed by atoms with Gasteiger partial charge in [0.2, 0.25) is 0 Å². The predicted molar refractivity (Wildman–Crippen MR) is 53.0 cm³/mol. The molecule has 0 saturated carbocycles. The second-order valence-corrected chi connectivity index (χ2v) is 2.57. The van der Waals surface area contributed by atoms with Crippen LogP contribution in [0.25, 0.3) is 0 Å². The zero-order valence-electron chi connectivity index (χ0n) is 12.6. The normalized spacial score (nSPS) is 14.8. The molecule has 0 amide bonds. The number of carbonyl (C=O) groups excluding carboxylic acids is 1. The number of aliphatic hydroxyl groups is 1. The van der Waals surface area contributed by atoms with Crippen molar-refractivity contribution >= 4 is 5.97 Å². The average Bonchev–Trinajstić information content (AvgIpc) is 2.39. The number of unbranched alkanes of at least 4 members (excludes halogenated alkanes) is 1. The van der Waals surface area contributed by atoms with Gasteiger partial charge in [-0.1, -0.05) is 18.1 Å². The molecule has 1 aromatic rings. The minimum atomic E-state index is -0.949. The van der Waals surface area contributed by atoms with Crippen molar-refractivity contribution < 1.29 is 21.5 Å². The molecule has 76 valence electrons. The molecule has 0 atom stereocenters. The Morgan fingerprint density at radius 3 is 2.71 bits per heavy atom. The highest BCUT2D eigenvalue weighted by Crippen LogP contribution is 2.01. The van der Waals surface area contributed by atoms with E-state index in [1.165, 1.54) is 0 Å². The lowest BCUT2D eigenvalue weighted by Crippen LogP contribution is -2.06. The molecule has 0 bridgehead atoms. The molecule has 3 heteroatoms. The molecule has 1 N–H and O–H groups in total. The Hall–Kier alpha value is -1.35. The predicted octanol–water partition coefficient (Wildman–Crippen LogP) is 1.62. The average molecular weight is 199 g/mol. The molecule has 0 unspecified atom stereocenters. The van der Waals surface area contributed by atoms with Crippen LogP contribution >= 0.6 is 0 Å². The van der Waals surface area contributed by atoms with Crippen LogP contribution in [0.5, 0.6) is 0 Å². The Balaban J connectivity index is 2.97. The van der Waals surface area contributed by atoms with Gasteiger partial charge < -0.3 is 9.84 Å². The van der Waals surface area contributed by atoms with E-state index >= 15 is 0 Å². The highest BCUT2D eigenvalue weighted by molar-refractivity contribution is 5.89. The van der Waals surface area contributed by atoms with E-state index in [2.05, 4.69) is 0 Å². The van der Waals surface area contributed by atoms with Crippen molar-refractivity contribution in [3.63, 3.8) is 0 Å². The van der Waals surface area contributed by atoms with Crippen molar-refractivity contribution in [2.24, 2.45) is 0 Å². The standard InChI is InChI=1S/C11H14O3/c12-8-4-5-9-14-11(13)10-6-2-1-3-7-10/h1-3,6-7,12H,4-5,8-9H2/i1D,2D,3D,6D,7D. The third kappa shape index (κ3) is 3.58. The lowest BCUT2D eigenvalue weighted by atomic mass is 10.2. The Morgan fingerprint density at radius 2 is 2.07 bits per heavy atom. The number of esters is 1. The van der Waals surface area contributed by atoms with Crippen molar-refractivity contribution in [3.05, 3.63) is 35.8 Å². The fourth-order valence-corrected chi connectivity index (χ4v) is 0.803. The quantitative estimate of drug-likeness (QED) is 0.579. The summed E-state index contributed by atoms with van der Waals surface area (Å²) in [6.45, 7) is 0.00772. The molecule has 3 nitrogen and oxygen atoms in total. The highest BCUT2D eigenvalue weighted by atomic mass is 16.5. The Kier molecular flexibility index (Phi) is 2.42. The van der Waals surface area contributed by atoms with Gasteiger partial charge in [0, 0.05) is 6.61 Å². The van der Waals surface area contributed by atoms with E-state index in [4.69, 9.17) is 16.7 Å². The summed E-state index contributed by atoms with van der Waals surface area (Å²) >= 11 is 0. The fraction of sp³-hybridized carbons (Fsp3) is 0.364. The summed E-state index contributed by atoms with van der Waals surface area (Å²) in [5, 5.41) is 8.57. The summed E-state index contributed by atoms with van der Waals surface area (Å²) < 4.78 is 42.2. The first-order valence-electron chi connectivity index (χ1n) is 6.76. The molecular weight excluding hydrogens is 180 g/mol. The van der Waals surface area contributed by atoms with Crippen LogP contribution in [0.4, 0.5) is 0 Å². The summed E-state index contributed by atoms with van der Waals surface area (Å²) in [7, 11) is 0. The first kappa shape index (κ1) is 5.51. The second-order valence-electron chi connectivity index (χ2n) is 2.57. The summed E-state index contributed by atoms with van der Waals surface area (Å²) in [5.41, 5.74) is -0.463. The van der Waals surface area contributed by atoms with Gasteiger partial charge in [-0.25, -0.2) is 4.79 Å².